The van der Waals surface area contributed by atoms with Crippen LogP contribution in [0.3, 0.4) is 0 Å². The fourth-order valence-electron chi connectivity index (χ4n) is 1.65. The van der Waals surface area contributed by atoms with E-state index in [9.17, 15) is 4.79 Å². The molecule has 3 heteroatoms. The van der Waals surface area contributed by atoms with E-state index in [0.717, 1.165) is 16.3 Å². The number of carboxylic acids is 1. The summed E-state index contributed by atoms with van der Waals surface area (Å²) in [5.41, 5.74) is 0.848. The van der Waals surface area contributed by atoms with Gasteiger partial charge in [0.25, 0.3) is 0 Å². The molecule has 0 aliphatic carbocycles. The zero-order valence-electron chi connectivity index (χ0n) is 8.77. The van der Waals surface area contributed by atoms with Crippen molar-refractivity contribution in [1.29, 1.82) is 0 Å². The molecule has 0 saturated heterocycles. The first-order valence-corrected chi connectivity index (χ1v) is 6.08. The lowest BCUT2D eigenvalue weighted by Crippen LogP contribution is -2.06. The van der Waals surface area contributed by atoms with Gasteiger partial charge in [-0.05, 0) is 58.0 Å². The second kappa shape index (κ2) is 4.41. The minimum Gasteiger partial charge on any atom is -0.481 e. The van der Waals surface area contributed by atoms with E-state index in [1.165, 1.54) is 3.57 Å². The molecule has 0 bridgehead atoms. The van der Waals surface area contributed by atoms with Crippen LogP contribution in [-0.4, -0.2) is 11.1 Å². The van der Waals surface area contributed by atoms with Crippen LogP contribution < -0.4 is 0 Å². The average Bonchev–Trinajstić information content (AvgIpc) is 2.27. The third-order valence-corrected chi connectivity index (χ3v) is 3.37. The van der Waals surface area contributed by atoms with Gasteiger partial charge in [0.2, 0.25) is 0 Å². The molecule has 2 rings (SSSR count). The lowest BCUT2D eigenvalue weighted by Gasteiger charge is -2.08. The molecule has 0 fully saturated rings. The Morgan fingerprint density at radius 1 is 1.19 bits per heavy atom. The van der Waals surface area contributed by atoms with Crippen molar-refractivity contribution in [2.75, 3.05) is 0 Å². The van der Waals surface area contributed by atoms with E-state index >= 15 is 0 Å². The molecule has 0 saturated carbocycles. The summed E-state index contributed by atoms with van der Waals surface area (Å²) in [4.78, 5) is 10.9. The molecule has 2 nitrogen and oxygen atoms in total. The van der Waals surface area contributed by atoms with Gasteiger partial charge in [-0.15, -0.1) is 0 Å². The van der Waals surface area contributed by atoms with Crippen molar-refractivity contribution in [1.82, 2.24) is 0 Å². The van der Waals surface area contributed by atoms with Crippen molar-refractivity contribution >= 4 is 39.3 Å². The Labute approximate surface area is 107 Å². The first-order valence-electron chi connectivity index (χ1n) is 5.00. The van der Waals surface area contributed by atoms with Crippen molar-refractivity contribution in [2.45, 2.75) is 12.8 Å². The molecule has 0 aliphatic heterocycles. The zero-order valence-corrected chi connectivity index (χ0v) is 10.9. The summed E-state index contributed by atoms with van der Waals surface area (Å²) in [5, 5.41) is 11.2. The van der Waals surface area contributed by atoms with Crippen LogP contribution in [0.5, 0.6) is 0 Å². The minimum atomic E-state index is -0.787. The monoisotopic (exact) mass is 326 g/mol. The van der Waals surface area contributed by atoms with Crippen LogP contribution >= 0.6 is 22.6 Å². The second-order valence-corrected chi connectivity index (χ2v) is 5.06. The molecule has 0 aliphatic rings. The maximum absolute atomic E-state index is 10.9. The topological polar surface area (TPSA) is 37.3 Å². The molecule has 16 heavy (non-hydrogen) atoms. The molecule has 0 radical (unpaired) electrons. The van der Waals surface area contributed by atoms with Crippen LogP contribution in [-0.2, 0) is 4.79 Å². The van der Waals surface area contributed by atoms with Crippen LogP contribution in [0.4, 0.5) is 0 Å². The molecular weight excluding hydrogens is 315 g/mol. The van der Waals surface area contributed by atoms with Gasteiger partial charge < -0.3 is 5.11 Å². The number of aliphatic carboxylic acids is 1. The highest BCUT2D eigenvalue weighted by molar-refractivity contribution is 14.1. The van der Waals surface area contributed by atoms with E-state index < -0.39 is 11.9 Å². The van der Waals surface area contributed by atoms with E-state index in [4.69, 9.17) is 5.11 Å². The summed E-state index contributed by atoms with van der Waals surface area (Å²) in [6, 6.07) is 12.0. The Hall–Kier alpha value is -1.10. The summed E-state index contributed by atoms with van der Waals surface area (Å²) in [6.45, 7) is 1.70. The van der Waals surface area contributed by atoms with Crippen LogP contribution in [0.25, 0.3) is 10.8 Å². The number of benzene rings is 2. The second-order valence-electron chi connectivity index (χ2n) is 3.81. The van der Waals surface area contributed by atoms with Crippen molar-refractivity contribution in [3.63, 3.8) is 0 Å². The molecule has 0 aromatic heterocycles. The average molecular weight is 326 g/mol. The highest BCUT2D eigenvalue weighted by Crippen LogP contribution is 2.23. The van der Waals surface area contributed by atoms with Crippen LogP contribution in [0.1, 0.15) is 18.4 Å². The lowest BCUT2D eigenvalue weighted by atomic mass is 9.98. The van der Waals surface area contributed by atoms with Crippen LogP contribution in [0, 0.1) is 3.57 Å². The first kappa shape index (κ1) is 11.4. The van der Waals surface area contributed by atoms with Gasteiger partial charge in [-0.2, -0.15) is 0 Å². The quantitative estimate of drug-likeness (QED) is 0.856. The molecule has 82 valence electrons. The van der Waals surface area contributed by atoms with Crippen molar-refractivity contribution in [3.8, 4) is 0 Å². The number of halogens is 1. The zero-order chi connectivity index (χ0) is 11.7. The molecule has 0 amide bonds. The molecule has 1 N–H and O–H groups in total. The number of hydrogen-bond acceptors (Lipinski definition) is 1. The van der Waals surface area contributed by atoms with Crippen LogP contribution in [0.2, 0.25) is 0 Å². The summed E-state index contributed by atoms with van der Waals surface area (Å²) >= 11 is 2.27. The Morgan fingerprint density at radius 3 is 2.50 bits per heavy atom. The number of fused-ring (bicyclic) bond motifs is 1. The van der Waals surface area contributed by atoms with Gasteiger partial charge in [-0.3, -0.25) is 4.79 Å². The van der Waals surface area contributed by atoms with E-state index in [1.807, 2.05) is 30.3 Å². The van der Waals surface area contributed by atoms with Crippen LogP contribution in [0.15, 0.2) is 36.4 Å². The van der Waals surface area contributed by atoms with Gasteiger partial charge in [0.15, 0.2) is 0 Å². The predicted molar refractivity (Wildman–Crippen MR) is 72.7 cm³/mol. The Kier molecular flexibility index (Phi) is 3.14. The van der Waals surface area contributed by atoms with E-state index in [2.05, 4.69) is 28.7 Å². The molecule has 0 heterocycles. The van der Waals surface area contributed by atoms with Crippen molar-refractivity contribution in [2.24, 2.45) is 0 Å². The third-order valence-electron chi connectivity index (χ3n) is 2.70. The highest BCUT2D eigenvalue weighted by Gasteiger charge is 2.13. The van der Waals surface area contributed by atoms with Gasteiger partial charge in [0.05, 0.1) is 5.92 Å². The summed E-state index contributed by atoms with van der Waals surface area (Å²) in [7, 11) is 0. The SMILES string of the molecule is CC(C(=O)O)c1ccc2cc(I)ccc2c1. The smallest absolute Gasteiger partial charge is 0.310 e. The molecule has 1 atom stereocenters. The van der Waals surface area contributed by atoms with Gasteiger partial charge in [-0.25, -0.2) is 0 Å². The first-order chi connectivity index (χ1) is 7.58. The maximum Gasteiger partial charge on any atom is 0.310 e. The minimum absolute atomic E-state index is 0.455. The number of carbonyl (C=O) groups is 1. The lowest BCUT2D eigenvalue weighted by molar-refractivity contribution is -0.138. The van der Waals surface area contributed by atoms with Crippen molar-refractivity contribution < 1.29 is 9.90 Å². The van der Waals surface area contributed by atoms with E-state index in [1.54, 1.807) is 6.92 Å². The molecule has 2 aromatic carbocycles. The molecule has 0 spiro atoms. The Morgan fingerprint density at radius 2 is 1.81 bits per heavy atom. The van der Waals surface area contributed by atoms with E-state index in [-0.39, 0.29) is 0 Å². The maximum atomic E-state index is 10.9. The Bertz CT molecular complexity index is 549. The van der Waals surface area contributed by atoms with E-state index in [0.29, 0.717) is 0 Å². The predicted octanol–water partition coefficient (Wildman–Crippen LogP) is 3.63. The molecule has 2 aromatic rings. The normalized spacial score (nSPS) is 12.6. The number of rotatable bonds is 2. The van der Waals surface area contributed by atoms with Gasteiger partial charge >= 0.3 is 5.97 Å². The highest BCUT2D eigenvalue weighted by atomic mass is 127. The Balaban J connectivity index is 2.52. The summed E-state index contributed by atoms with van der Waals surface area (Å²) in [6.07, 6.45) is 0. The summed E-state index contributed by atoms with van der Waals surface area (Å²) in [5.74, 6) is -1.24. The molecular formula is C13H11IO2. The standard InChI is InChI=1S/C13H11IO2/c1-8(13(15)16)9-2-3-11-7-12(14)5-4-10(11)6-9/h2-8H,1H3,(H,15,16). The van der Waals surface area contributed by atoms with Gasteiger partial charge in [0, 0.05) is 3.57 Å². The fourth-order valence-corrected chi connectivity index (χ4v) is 2.16. The van der Waals surface area contributed by atoms with Crippen molar-refractivity contribution in [3.05, 3.63) is 45.5 Å². The largest absolute Gasteiger partial charge is 0.481 e. The number of carboxylic acid groups (broad SMARTS) is 1. The van der Waals surface area contributed by atoms with Gasteiger partial charge in [0.1, 0.15) is 0 Å². The number of hydrogen-bond donors (Lipinski definition) is 1. The fraction of sp³-hybridized carbons (Fsp3) is 0.154. The summed E-state index contributed by atoms with van der Waals surface area (Å²) < 4.78 is 1.18. The van der Waals surface area contributed by atoms with Gasteiger partial charge in [-0.1, -0.05) is 24.3 Å². The molecule has 1 unspecified atom stereocenters. The third kappa shape index (κ3) is 2.19.